The van der Waals surface area contributed by atoms with Crippen LogP contribution < -0.4 is 14.8 Å². The average Bonchev–Trinajstić information content (AvgIpc) is 3.15. The number of nitrogens with one attached hydrogen (secondary N) is 1. The molecule has 3 aromatic rings. The fourth-order valence-corrected chi connectivity index (χ4v) is 4.05. The Morgan fingerprint density at radius 2 is 1.91 bits per heavy atom. The van der Waals surface area contributed by atoms with Gasteiger partial charge in [-0.05, 0) is 57.4 Å². The molecule has 0 aliphatic carbocycles. The SMILES string of the molecule is COc1ccc(C(CC(=O)Nc2ccc(Br)cn2)N2Cc3ccccc3C2=O)cc1OC. The van der Waals surface area contributed by atoms with Crippen molar-refractivity contribution in [1.29, 1.82) is 0 Å². The zero-order valence-corrected chi connectivity index (χ0v) is 19.3. The number of benzene rings is 2. The summed E-state index contributed by atoms with van der Waals surface area (Å²) in [4.78, 5) is 32.0. The van der Waals surface area contributed by atoms with Crippen LogP contribution in [0.15, 0.2) is 65.3 Å². The summed E-state index contributed by atoms with van der Waals surface area (Å²) in [5.74, 6) is 1.21. The molecule has 1 aliphatic rings. The third kappa shape index (κ3) is 4.45. The molecule has 4 rings (SSSR count). The maximum absolute atomic E-state index is 13.2. The maximum Gasteiger partial charge on any atom is 0.255 e. The first-order valence-corrected chi connectivity index (χ1v) is 10.8. The molecule has 0 spiro atoms. The summed E-state index contributed by atoms with van der Waals surface area (Å²) in [6.07, 6.45) is 1.68. The van der Waals surface area contributed by atoms with Crippen LogP contribution in [-0.2, 0) is 11.3 Å². The Morgan fingerprint density at radius 3 is 2.59 bits per heavy atom. The number of methoxy groups -OCH3 is 2. The van der Waals surface area contributed by atoms with E-state index < -0.39 is 6.04 Å². The second-order valence-electron chi connectivity index (χ2n) is 7.33. The standard InChI is InChI=1S/C24H22BrN3O4/c1-31-20-9-7-15(11-21(20)32-2)19(12-23(29)27-22-10-8-17(25)13-26-22)28-14-16-5-3-4-6-18(16)24(28)30/h3-11,13,19H,12,14H2,1-2H3,(H,26,27,29). The molecule has 7 nitrogen and oxygen atoms in total. The average molecular weight is 496 g/mol. The van der Waals surface area contributed by atoms with Gasteiger partial charge in [-0.3, -0.25) is 9.59 Å². The second kappa shape index (κ2) is 9.40. The molecule has 32 heavy (non-hydrogen) atoms. The third-order valence-corrected chi connectivity index (χ3v) is 5.86. The van der Waals surface area contributed by atoms with E-state index in [1.807, 2.05) is 36.4 Å². The first kappa shape index (κ1) is 21.8. The minimum absolute atomic E-state index is 0.0625. The van der Waals surface area contributed by atoms with E-state index in [-0.39, 0.29) is 18.2 Å². The third-order valence-electron chi connectivity index (χ3n) is 5.39. The van der Waals surface area contributed by atoms with Crippen molar-refractivity contribution in [3.63, 3.8) is 0 Å². The molecule has 1 N–H and O–H groups in total. The quantitative estimate of drug-likeness (QED) is 0.518. The van der Waals surface area contributed by atoms with Gasteiger partial charge in [0.2, 0.25) is 5.91 Å². The summed E-state index contributed by atoms with van der Waals surface area (Å²) >= 11 is 3.33. The molecule has 1 atom stereocenters. The first-order chi connectivity index (χ1) is 15.5. The fraction of sp³-hybridized carbons (Fsp3) is 0.208. The van der Waals surface area contributed by atoms with Crippen LogP contribution in [-0.4, -0.2) is 35.9 Å². The molecule has 0 radical (unpaired) electrons. The lowest BCUT2D eigenvalue weighted by Gasteiger charge is -2.28. The molecule has 0 saturated heterocycles. The minimum Gasteiger partial charge on any atom is -0.493 e. The Hall–Kier alpha value is -3.39. The second-order valence-corrected chi connectivity index (χ2v) is 8.25. The summed E-state index contributed by atoms with van der Waals surface area (Å²) in [7, 11) is 3.12. The number of rotatable bonds is 7. The van der Waals surface area contributed by atoms with E-state index >= 15 is 0 Å². The number of hydrogen-bond donors (Lipinski definition) is 1. The smallest absolute Gasteiger partial charge is 0.255 e. The van der Waals surface area contributed by atoms with E-state index in [2.05, 4.69) is 26.2 Å². The Morgan fingerprint density at radius 1 is 1.12 bits per heavy atom. The van der Waals surface area contributed by atoms with E-state index in [9.17, 15) is 9.59 Å². The van der Waals surface area contributed by atoms with Crippen molar-refractivity contribution in [2.45, 2.75) is 19.0 Å². The largest absolute Gasteiger partial charge is 0.493 e. The highest BCUT2D eigenvalue weighted by molar-refractivity contribution is 9.10. The summed E-state index contributed by atoms with van der Waals surface area (Å²) in [5.41, 5.74) is 2.38. The number of carbonyl (C=O) groups excluding carboxylic acids is 2. The number of carbonyl (C=O) groups is 2. The molecule has 2 aromatic carbocycles. The number of hydrogen-bond acceptors (Lipinski definition) is 5. The van der Waals surface area contributed by atoms with Crippen LogP contribution in [0.4, 0.5) is 5.82 Å². The summed E-state index contributed by atoms with van der Waals surface area (Å²) in [6.45, 7) is 0.428. The summed E-state index contributed by atoms with van der Waals surface area (Å²) in [5, 5.41) is 2.82. The van der Waals surface area contributed by atoms with Crippen LogP contribution in [0.3, 0.4) is 0 Å². The highest BCUT2D eigenvalue weighted by Crippen LogP contribution is 2.37. The molecule has 1 unspecified atom stereocenters. The van der Waals surface area contributed by atoms with Gasteiger partial charge in [0.15, 0.2) is 11.5 Å². The van der Waals surface area contributed by atoms with Gasteiger partial charge in [-0.2, -0.15) is 0 Å². The van der Waals surface area contributed by atoms with Crippen LogP contribution in [0.25, 0.3) is 0 Å². The summed E-state index contributed by atoms with van der Waals surface area (Å²) in [6, 6.07) is 16.0. The first-order valence-electron chi connectivity index (χ1n) is 10.0. The van der Waals surface area contributed by atoms with Crippen molar-refractivity contribution >= 4 is 33.6 Å². The molecule has 8 heteroatoms. The number of ether oxygens (including phenoxy) is 2. The molecular formula is C24H22BrN3O4. The predicted molar refractivity (Wildman–Crippen MR) is 124 cm³/mol. The molecule has 0 fully saturated rings. The molecule has 1 aromatic heterocycles. The van der Waals surface area contributed by atoms with E-state index in [0.29, 0.717) is 29.4 Å². The van der Waals surface area contributed by atoms with E-state index in [1.165, 1.54) is 0 Å². The Balaban J connectivity index is 1.65. The zero-order chi connectivity index (χ0) is 22.7. The van der Waals surface area contributed by atoms with Crippen molar-refractivity contribution in [2.75, 3.05) is 19.5 Å². The normalized spacial score (nSPS) is 13.5. The van der Waals surface area contributed by atoms with Crippen LogP contribution in [0.1, 0.15) is 33.9 Å². The highest BCUT2D eigenvalue weighted by atomic mass is 79.9. The zero-order valence-electron chi connectivity index (χ0n) is 17.7. The van der Waals surface area contributed by atoms with Gasteiger partial charge in [-0.25, -0.2) is 4.98 Å². The van der Waals surface area contributed by atoms with Crippen LogP contribution in [0, 0.1) is 0 Å². The fourth-order valence-electron chi connectivity index (χ4n) is 3.82. The van der Waals surface area contributed by atoms with E-state index in [4.69, 9.17) is 9.47 Å². The number of anilines is 1. The van der Waals surface area contributed by atoms with Gasteiger partial charge in [0.05, 0.1) is 26.7 Å². The minimum atomic E-state index is -0.495. The van der Waals surface area contributed by atoms with Crippen molar-refractivity contribution in [3.8, 4) is 11.5 Å². The molecule has 2 amide bonds. The van der Waals surface area contributed by atoms with Gasteiger partial charge < -0.3 is 19.7 Å². The lowest BCUT2D eigenvalue weighted by molar-refractivity contribution is -0.117. The van der Waals surface area contributed by atoms with Gasteiger partial charge in [-0.15, -0.1) is 0 Å². The number of fused-ring (bicyclic) bond motifs is 1. The number of aromatic nitrogens is 1. The number of nitrogens with zero attached hydrogens (tertiary/aromatic N) is 2. The lowest BCUT2D eigenvalue weighted by Crippen LogP contribution is -2.32. The molecular weight excluding hydrogens is 474 g/mol. The molecule has 0 bridgehead atoms. The number of pyridine rings is 1. The topological polar surface area (TPSA) is 80.8 Å². The Kier molecular flexibility index (Phi) is 6.41. The lowest BCUT2D eigenvalue weighted by atomic mass is 10.0. The molecule has 164 valence electrons. The van der Waals surface area contributed by atoms with Crippen molar-refractivity contribution in [1.82, 2.24) is 9.88 Å². The highest BCUT2D eigenvalue weighted by Gasteiger charge is 2.34. The van der Waals surface area contributed by atoms with Crippen molar-refractivity contribution in [2.24, 2.45) is 0 Å². The molecule has 2 heterocycles. The van der Waals surface area contributed by atoms with Crippen molar-refractivity contribution < 1.29 is 19.1 Å². The van der Waals surface area contributed by atoms with Crippen molar-refractivity contribution in [3.05, 3.63) is 82.0 Å². The molecule has 0 saturated carbocycles. The predicted octanol–water partition coefficient (Wildman–Crippen LogP) is 4.59. The van der Waals surface area contributed by atoms with Crippen LogP contribution >= 0.6 is 15.9 Å². The van der Waals surface area contributed by atoms with Gasteiger partial charge in [0.1, 0.15) is 5.82 Å². The van der Waals surface area contributed by atoms with E-state index in [1.54, 1.807) is 43.5 Å². The van der Waals surface area contributed by atoms with Crippen LogP contribution in [0.2, 0.25) is 0 Å². The van der Waals surface area contributed by atoms with Gasteiger partial charge in [-0.1, -0.05) is 24.3 Å². The van der Waals surface area contributed by atoms with Gasteiger partial charge >= 0.3 is 0 Å². The van der Waals surface area contributed by atoms with Gasteiger partial charge in [0, 0.05) is 22.8 Å². The Labute approximate surface area is 194 Å². The number of amides is 2. The number of halogens is 1. The molecule has 1 aliphatic heterocycles. The van der Waals surface area contributed by atoms with Crippen LogP contribution in [0.5, 0.6) is 11.5 Å². The summed E-state index contributed by atoms with van der Waals surface area (Å²) < 4.78 is 11.6. The monoisotopic (exact) mass is 495 g/mol. The van der Waals surface area contributed by atoms with E-state index in [0.717, 1.165) is 15.6 Å². The maximum atomic E-state index is 13.2. The van der Waals surface area contributed by atoms with Gasteiger partial charge in [0.25, 0.3) is 5.91 Å². The Bertz CT molecular complexity index is 1150.